The summed E-state index contributed by atoms with van der Waals surface area (Å²) in [6.07, 6.45) is 3.21. The molecule has 0 radical (unpaired) electrons. The molecule has 92 valence electrons. The Bertz CT molecular complexity index is 254. The fourth-order valence-corrected chi connectivity index (χ4v) is 1.54. The molecular weight excluding hydrogens is 226 g/mol. The van der Waals surface area contributed by atoms with E-state index < -0.39 is 6.10 Å². The van der Waals surface area contributed by atoms with Crippen LogP contribution in [0.2, 0.25) is 0 Å². The van der Waals surface area contributed by atoms with Gasteiger partial charge in [-0.1, -0.05) is 0 Å². The van der Waals surface area contributed by atoms with Gasteiger partial charge in [0.25, 0.3) is 0 Å². The van der Waals surface area contributed by atoms with Gasteiger partial charge in [-0.15, -0.1) is 0 Å². The van der Waals surface area contributed by atoms with Gasteiger partial charge in [-0.25, -0.2) is 0 Å². The van der Waals surface area contributed by atoms with Crippen LogP contribution < -0.4 is 5.32 Å². The van der Waals surface area contributed by atoms with Gasteiger partial charge >= 0.3 is 0 Å². The Morgan fingerprint density at radius 1 is 1.62 bits per heavy atom. The second kappa shape index (κ2) is 8.64. The van der Waals surface area contributed by atoms with E-state index in [1.54, 1.807) is 18.0 Å². The van der Waals surface area contributed by atoms with E-state index in [9.17, 15) is 5.11 Å². The van der Waals surface area contributed by atoms with Crippen LogP contribution in [0.1, 0.15) is 5.76 Å². The third-order valence-corrected chi connectivity index (χ3v) is 2.61. The summed E-state index contributed by atoms with van der Waals surface area (Å²) in [7, 11) is 0. The Kier molecular flexibility index (Phi) is 7.33. The van der Waals surface area contributed by atoms with Crippen LogP contribution in [0.5, 0.6) is 0 Å². The van der Waals surface area contributed by atoms with Gasteiger partial charge in [-0.05, 0) is 18.4 Å². The zero-order valence-corrected chi connectivity index (χ0v) is 10.3. The molecule has 5 heteroatoms. The van der Waals surface area contributed by atoms with E-state index in [-0.39, 0.29) is 0 Å². The number of aliphatic hydroxyl groups excluding tert-OH is 1. The molecule has 0 aliphatic carbocycles. The summed E-state index contributed by atoms with van der Waals surface area (Å²) in [4.78, 5) is 0. The van der Waals surface area contributed by atoms with E-state index in [4.69, 9.17) is 9.15 Å². The average molecular weight is 245 g/mol. The quantitative estimate of drug-likeness (QED) is 0.638. The first-order chi connectivity index (χ1) is 7.83. The standard InChI is InChI=1S/C11H19NO3S/c1-16-6-4-12-7-10(13)8-14-9-11-3-2-5-15-11/h2-3,5,10,12-13H,4,6-9H2,1H3. The minimum absolute atomic E-state index is 0.326. The number of ether oxygens (including phenoxy) is 1. The Labute approximate surface area is 100 Å². The zero-order chi connectivity index (χ0) is 11.6. The highest BCUT2D eigenvalue weighted by Crippen LogP contribution is 2.01. The van der Waals surface area contributed by atoms with Crippen molar-refractivity contribution < 1.29 is 14.3 Å². The minimum Gasteiger partial charge on any atom is -0.467 e. The first kappa shape index (κ1) is 13.6. The largest absolute Gasteiger partial charge is 0.467 e. The Hall–Kier alpha value is -0.490. The number of thioether (sulfide) groups is 1. The summed E-state index contributed by atoms with van der Waals surface area (Å²) < 4.78 is 10.4. The van der Waals surface area contributed by atoms with Gasteiger partial charge in [0.05, 0.1) is 19.0 Å². The SMILES string of the molecule is CSCCNCC(O)COCc1ccco1. The number of nitrogens with one attached hydrogen (secondary N) is 1. The fourth-order valence-electron chi connectivity index (χ4n) is 1.19. The van der Waals surface area contributed by atoms with Crippen LogP contribution in [0.4, 0.5) is 0 Å². The van der Waals surface area contributed by atoms with Crippen LogP contribution in [0.25, 0.3) is 0 Å². The van der Waals surface area contributed by atoms with E-state index >= 15 is 0 Å². The average Bonchev–Trinajstić information content (AvgIpc) is 2.77. The second-order valence-electron chi connectivity index (χ2n) is 3.45. The van der Waals surface area contributed by atoms with Gasteiger partial charge < -0.3 is 19.6 Å². The van der Waals surface area contributed by atoms with Crippen molar-refractivity contribution in [2.45, 2.75) is 12.7 Å². The molecule has 0 aliphatic rings. The number of furan rings is 1. The van der Waals surface area contributed by atoms with Crippen LogP contribution in [-0.4, -0.2) is 42.9 Å². The highest BCUT2D eigenvalue weighted by Gasteiger charge is 2.04. The summed E-state index contributed by atoms with van der Waals surface area (Å²) in [5.41, 5.74) is 0. The molecule has 16 heavy (non-hydrogen) atoms. The van der Waals surface area contributed by atoms with Crippen molar-refractivity contribution in [1.29, 1.82) is 0 Å². The maximum absolute atomic E-state index is 9.55. The molecular formula is C11H19NO3S. The van der Waals surface area contributed by atoms with Crippen molar-refractivity contribution in [3.63, 3.8) is 0 Å². The first-order valence-corrected chi connectivity index (χ1v) is 6.70. The van der Waals surface area contributed by atoms with Crippen LogP contribution in [0, 0.1) is 0 Å². The third kappa shape index (κ3) is 6.17. The molecule has 0 saturated carbocycles. The number of hydrogen-bond acceptors (Lipinski definition) is 5. The number of aliphatic hydroxyl groups is 1. The van der Waals surface area contributed by atoms with Crippen LogP contribution in [0.3, 0.4) is 0 Å². The lowest BCUT2D eigenvalue weighted by molar-refractivity contribution is 0.0229. The molecule has 2 N–H and O–H groups in total. The van der Waals surface area contributed by atoms with Crippen molar-refractivity contribution in [2.24, 2.45) is 0 Å². The van der Waals surface area contributed by atoms with Gasteiger partial charge in [-0.2, -0.15) is 11.8 Å². The molecule has 1 rings (SSSR count). The van der Waals surface area contributed by atoms with E-state index in [1.807, 2.05) is 12.1 Å². The highest BCUT2D eigenvalue weighted by atomic mass is 32.2. The molecule has 0 fully saturated rings. The predicted octanol–water partition coefficient (Wildman–Crippen LogP) is 1.11. The summed E-state index contributed by atoms with van der Waals surface area (Å²) in [6, 6.07) is 3.67. The minimum atomic E-state index is -0.461. The second-order valence-corrected chi connectivity index (χ2v) is 4.43. The van der Waals surface area contributed by atoms with Crippen LogP contribution in [0.15, 0.2) is 22.8 Å². The Morgan fingerprint density at radius 3 is 3.19 bits per heavy atom. The Balaban J connectivity index is 1.95. The first-order valence-electron chi connectivity index (χ1n) is 5.30. The third-order valence-electron chi connectivity index (χ3n) is 2.00. The molecule has 0 aliphatic heterocycles. The molecule has 1 aromatic heterocycles. The van der Waals surface area contributed by atoms with E-state index in [2.05, 4.69) is 11.6 Å². The molecule has 0 aromatic carbocycles. The van der Waals surface area contributed by atoms with E-state index in [0.717, 1.165) is 18.1 Å². The molecule has 1 unspecified atom stereocenters. The van der Waals surface area contributed by atoms with Crippen LogP contribution >= 0.6 is 11.8 Å². The molecule has 1 aromatic rings. The smallest absolute Gasteiger partial charge is 0.129 e. The predicted molar refractivity (Wildman–Crippen MR) is 65.6 cm³/mol. The normalized spacial score (nSPS) is 12.9. The maximum atomic E-state index is 9.55. The molecule has 1 heterocycles. The lowest BCUT2D eigenvalue weighted by Gasteiger charge is -2.11. The topological polar surface area (TPSA) is 54.6 Å². The van der Waals surface area contributed by atoms with Crippen LogP contribution in [-0.2, 0) is 11.3 Å². The number of hydrogen-bond donors (Lipinski definition) is 2. The van der Waals surface area contributed by atoms with Crippen molar-refractivity contribution in [3.05, 3.63) is 24.2 Å². The van der Waals surface area contributed by atoms with Gasteiger partial charge in [0.1, 0.15) is 12.4 Å². The van der Waals surface area contributed by atoms with E-state index in [1.165, 1.54) is 0 Å². The van der Waals surface area contributed by atoms with Crippen molar-refractivity contribution in [2.75, 3.05) is 31.7 Å². The van der Waals surface area contributed by atoms with Gasteiger partial charge in [0.2, 0.25) is 0 Å². The zero-order valence-electron chi connectivity index (χ0n) is 9.52. The fraction of sp³-hybridized carbons (Fsp3) is 0.636. The molecule has 4 nitrogen and oxygen atoms in total. The lowest BCUT2D eigenvalue weighted by Crippen LogP contribution is -2.31. The summed E-state index contributed by atoms with van der Waals surface area (Å²) in [5, 5.41) is 12.7. The lowest BCUT2D eigenvalue weighted by atomic mass is 10.4. The summed E-state index contributed by atoms with van der Waals surface area (Å²) in [5.74, 6) is 1.84. The Morgan fingerprint density at radius 2 is 2.50 bits per heavy atom. The molecule has 0 spiro atoms. The van der Waals surface area contributed by atoms with Crippen molar-refractivity contribution in [1.82, 2.24) is 5.32 Å². The van der Waals surface area contributed by atoms with Gasteiger partial charge in [0, 0.05) is 18.8 Å². The molecule has 0 saturated heterocycles. The van der Waals surface area contributed by atoms with Crippen molar-refractivity contribution >= 4 is 11.8 Å². The monoisotopic (exact) mass is 245 g/mol. The van der Waals surface area contributed by atoms with Gasteiger partial charge in [0.15, 0.2) is 0 Å². The highest BCUT2D eigenvalue weighted by molar-refractivity contribution is 7.98. The van der Waals surface area contributed by atoms with Crippen molar-refractivity contribution in [3.8, 4) is 0 Å². The number of rotatable bonds is 9. The maximum Gasteiger partial charge on any atom is 0.129 e. The van der Waals surface area contributed by atoms with Gasteiger partial charge in [-0.3, -0.25) is 0 Å². The molecule has 1 atom stereocenters. The molecule has 0 bridgehead atoms. The van der Waals surface area contributed by atoms with E-state index in [0.29, 0.717) is 19.8 Å². The summed E-state index contributed by atoms with van der Waals surface area (Å²) >= 11 is 1.78. The molecule has 0 amide bonds. The summed E-state index contributed by atoms with van der Waals surface area (Å²) in [6.45, 7) is 2.22.